The Morgan fingerprint density at radius 1 is 1.00 bits per heavy atom. The van der Waals surface area contributed by atoms with Crippen molar-refractivity contribution in [1.82, 2.24) is 15.2 Å². The summed E-state index contributed by atoms with van der Waals surface area (Å²) in [6.07, 6.45) is -0.298. The van der Waals surface area contributed by atoms with E-state index in [1.807, 2.05) is 0 Å². The first-order valence-corrected chi connectivity index (χ1v) is 15.3. The molecule has 12 nitrogen and oxygen atoms in total. The Morgan fingerprint density at radius 2 is 1.59 bits per heavy atom. The first-order chi connectivity index (χ1) is 23.2. The molecule has 1 fully saturated rings. The molecule has 1 aliphatic rings. The van der Waals surface area contributed by atoms with Gasteiger partial charge in [-0.2, -0.15) is 0 Å². The molecular weight excluding hydrogens is 649 g/mol. The molecule has 3 amide bonds. The number of carbonyl (C=O) groups excluding carboxylic acids is 3. The van der Waals surface area contributed by atoms with E-state index in [1.165, 1.54) is 54.7 Å². The molecule has 0 saturated carbocycles. The van der Waals surface area contributed by atoms with Crippen LogP contribution in [0.5, 0.6) is 0 Å². The van der Waals surface area contributed by atoms with Gasteiger partial charge in [0.1, 0.15) is 29.1 Å². The predicted molar refractivity (Wildman–Crippen MR) is 169 cm³/mol. The maximum atomic E-state index is 15.3. The summed E-state index contributed by atoms with van der Waals surface area (Å²) < 4.78 is 58.8. The molecule has 0 bridgehead atoms. The Labute approximate surface area is 280 Å². The number of pyridine rings is 1. The zero-order chi connectivity index (χ0) is 35.9. The van der Waals surface area contributed by atoms with E-state index in [9.17, 15) is 33.1 Å². The van der Waals surface area contributed by atoms with Crippen molar-refractivity contribution in [2.24, 2.45) is 0 Å². The highest BCUT2D eigenvalue weighted by Crippen LogP contribution is 2.31. The number of methoxy groups -OCH3 is 1. The molecule has 1 aromatic heterocycles. The predicted octanol–water partition coefficient (Wildman–Crippen LogP) is 5.02. The highest BCUT2D eigenvalue weighted by atomic mass is 19.1. The van der Waals surface area contributed by atoms with E-state index in [0.29, 0.717) is 11.1 Å². The van der Waals surface area contributed by atoms with Crippen LogP contribution < -0.4 is 10.6 Å². The van der Waals surface area contributed by atoms with Crippen LogP contribution in [0.25, 0.3) is 0 Å². The van der Waals surface area contributed by atoms with Crippen LogP contribution in [0.2, 0.25) is 0 Å². The Morgan fingerprint density at radius 3 is 2.12 bits per heavy atom. The van der Waals surface area contributed by atoms with E-state index >= 15 is 4.39 Å². The van der Waals surface area contributed by atoms with Crippen molar-refractivity contribution in [1.29, 1.82) is 0 Å². The van der Waals surface area contributed by atoms with Gasteiger partial charge in [0.15, 0.2) is 6.04 Å². The highest BCUT2D eigenvalue weighted by molar-refractivity contribution is 5.98. The number of hydrogen-bond acceptors (Lipinski definition) is 8. The quantitative estimate of drug-likeness (QED) is 0.267. The Balaban J connectivity index is 1.60. The number of aromatic nitrogens is 1. The summed E-state index contributed by atoms with van der Waals surface area (Å²) in [5, 5.41) is 14.7. The van der Waals surface area contributed by atoms with Gasteiger partial charge >= 0.3 is 18.2 Å². The number of alkyl carbamates (subject to hydrolysis) is 1. The van der Waals surface area contributed by atoms with Crippen LogP contribution in [0.1, 0.15) is 49.8 Å². The SMILES string of the molecule is COC(=O)N[C@@H](C(=O)Nc1cncc(F)c1CC[C@@H]1CN(C(=O)OC(C)(C)C)[C@@H](C(=O)O)CO1)C(c1ccc(F)cc1)c1ccc(F)cc1. The van der Waals surface area contributed by atoms with E-state index in [4.69, 9.17) is 14.2 Å². The van der Waals surface area contributed by atoms with Gasteiger partial charge in [0.25, 0.3) is 0 Å². The fourth-order valence-corrected chi connectivity index (χ4v) is 5.36. The van der Waals surface area contributed by atoms with Gasteiger partial charge in [0.2, 0.25) is 5.91 Å². The third kappa shape index (κ3) is 9.69. The molecule has 4 rings (SSSR count). The van der Waals surface area contributed by atoms with E-state index in [1.54, 1.807) is 20.8 Å². The summed E-state index contributed by atoms with van der Waals surface area (Å²) in [5.74, 6) is -4.95. The summed E-state index contributed by atoms with van der Waals surface area (Å²) >= 11 is 0. The lowest BCUT2D eigenvalue weighted by molar-refractivity contribution is -0.153. The fourth-order valence-electron chi connectivity index (χ4n) is 5.36. The molecule has 0 aliphatic carbocycles. The second kappa shape index (κ2) is 15.8. The molecule has 2 heterocycles. The standard InChI is InChI=1S/C34H37F3N4O8/c1-34(2,3)49-33(46)41-17-23(48-18-27(41)31(43)44)13-14-24-25(37)15-38-16-26(24)39-30(42)29(40-32(45)47-4)28(19-5-9-21(35)10-6-19)20-7-11-22(36)12-8-20/h5-12,15-16,23,27-29H,13-14,17-18H2,1-4H3,(H,39,42)(H,40,45)(H,43,44)/t23-,27-,29-/m1/s1. The minimum atomic E-state index is -1.43. The number of benzene rings is 2. The maximum absolute atomic E-state index is 15.3. The maximum Gasteiger partial charge on any atom is 0.411 e. The van der Waals surface area contributed by atoms with Gasteiger partial charge in [0.05, 0.1) is 44.4 Å². The first-order valence-electron chi connectivity index (χ1n) is 15.3. The molecule has 2 aromatic carbocycles. The van der Waals surface area contributed by atoms with E-state index in [0.717, 1.165) is 18.2 Å². The third-order valence-electron chi connectivity index (χ3n) is 7.69. The number of nitrogens with zero attached hydrogens (tertiary/aromatic N) is 2. The van der Waals surface area contributed by atoms with E-state index in [2.05, 4.69) is 15.6 Å². The van der Waals surface area contributed by atoms with Crippen LogP contribution in [0.4, 0.5) is 28.4 Å². The number of nitrogens with one attached hydrogen (secondary N) is 2. The molecular formula is C34H37F3N4O8. The number of rotatable bonds is 10. The number of carbonyl (C=O) groups is 4. The van der Waals surface area contributed by atoms with E-state index < -0.39 is 71.2 Å². The molecule has 3 atom stereocenters. The second-order valence-electron chi connectivity index (χ2n) is 12.3. The van der Waals surface area contributed by atoms with Crippen LogP contribution in [0.15, 0.2) is 60.9 Å². The highest BCUT2D eigenvalue weighted by Gasteiger charge is 2.39. The first kappa shape index (κ1) is 36.7. The van der Waals surface area contributed by atoms with Gasteiger partial charge in [-0.15, -0.1) is 0 Å². The summed E-state index contributed by atoms with van der Waals surface area (Å²) in [7, 11) is 1.10. The number of anilines is 1. The van der Waals surface area contributed by atoms with Crippen LogP contribution in [-0.2, 0) is 30.2 Å². The van der Waals surface area contributed by atoms with Gasteiger partial charge < -0.3 is 30.0 Å². The van der Waals surface area contributed by atoms with Gasteiger partial charge in [0, 0.05) is 11.5 Å². The van der Waals surface area contributed by atoms with Gasteiger partial charge in [-0.25, -0.2) is 27.6 Å². The van der Waals surface area contributed by atoms with Crippen molar-refractivity contribution in [2.75, 3.05) is 25.6 Å². The zero-order valence-electron chi connectivity index (χ0n) is 27.2. The normalized spacial score (nSPS) is 16.9. The number of carboxylic acids is 1. The van der Waals surface area contributed by atoms with Crippen LogP contribution in [0, 0.1) is 17.5 Å². The van der Waals surface area contributed by atoms with Crippen molar-refractivity contribution in [3.63, 3.8) is 0 Å². The Bertz CT molecular complexity index is 1610. The number of halogens is 3. The Kier molecular flexibility index (Phi) is 11.8. The molecule has 3 aromatic rings. The zero-order valence-corrected chi connectivity index (χ0v) is 27.2. The second-order valence-corrected chi connectivity index (χ2v) is 12.3. The minimum absolute atomic E-state index is 0.0214. The topological polar surface area (TPSA) is 156 Å². The molecule has 262 valence electrons. The van der Waals surface area contributed by atoms with Gasteiger partial charge in [-0.05, 0) is 69.0 Å². The summed E-state index contributed by atoms with van der Waals surface area (Å²) in [5.41, 5.74) is -0.111. The number of hydrogen-bond donors (Lipinski definition) is 3. The summed E-state index contributed by atoms with van der Waals surface area (Å²) in [6, 6.07) is 7.62. The smallest absolute Gasteiger partial charge is 0.411 e. The van der Waals surface area contributed by atoms with E-state index in [-0.39, 0.29) is 37.2 Å². The molecule has 3 N–H and O–H groups in total. The molecule has 15 heteroatoms. The van der Waals surface area contributed by atoms with Crippen molar-refractivity contribution in [2.45, 2.75) is 63.3 Å². The Hall–Kier alpha value is -5.18. The molecule has 0 radical (unpaired) electrons. The number of amides is 3. The average molecular weight is 687 g/mol. The van der Waals surface area contributed by atoms with Crippen LogP contribution in [-0.4, -0.2) is 83.1 Å². The number of morpholine rings is 1. The molecule has 1 aliphatic heterocycles. The van der Waals surface area contributed by atoms with Gasteiger partial charge in [-0.3, -0.25) is 14.7 Å². The number of aliphatic carboxylic acids is 1. The summed E-state index contributed by atoms with van der Waals surface area (Å²) in [4.78, 5) is 56.0. The largest absolute Gasteiger partial charge is 0.480 e. The van der Waals surface area contributed by atoms with Crippen LogP contribution in [0.3, 0.4) is 0 Å². The molecule has 0 spiro atoms. The molecule has 49 heavy (non-hydrogen) atoms. The van der Waals surface area contributed by atoms with Crippen LogP contribution >= 0.6 is 0 Å². The lowest BCUT2D eigenvalue weighted by Gasteiger charge is -2.38. The number of ether oxygens (including phenoxy) is 3. The monoisotopic (exact) mass is 686 g/mol. The van der Waals surface area contributed by atoms with Gasteiger partial charge in [-0.1, -0.05) is 24.3 Å². The fraction of sp³-hybridized carbons (Fsp3) is 0.382. The molecule has 0 unspecified atom stereocenters. The van der Waals surface area contributed by atoms with Crippen molar-refractivity contribution < 1.29 is 51.7 Å². The van der Waals surface area contributed by atoms with Crippen molar-refractivity contribution >= 4 is 29.8 Å². The average Bonchev–Trinajstić information content (AvgIpc) is 3.04. The summed E-state index contributed by atoms with van der Waals surface area (Å²) in [6.45, 7) is 4.47. The lowest BCUT2D eigenvalue weighted by atomic mass is 9.84. The lowest BCUT2D eigenvalue weighted by Crippen LogP contribution is -2.56. The van der Waals surface area contributed by atoms with Crippen molar-refractivity contribution in [3.8, 4) is 0 Å². The van der Waals surface area contributed by atoms with Crippen molar-refractivity contribution in [3.05, 3.63) is 95.1 Å². The minimum Gasteiger partial charge on any atom is -0.480 e. The third-order valence-corrected chi connectivity index (χ3v) is 7.69. The molecule has 1 saturated heterocycles. The number of carboxylic acid groups (broad SMARTS) is 1.